The number of hydrogen-bond acceptors (Lipinski definition) is 2. The molecule has 1 nitrogen and oxygen atoms in total. The number of halogens is 2. The van der Waals surface area contributed by atoms with E-state index in [0.717, 1.165) is 17.9 Å². The largest absolute Gasteiger partial charge is 0.371 e. The van der Waals surface area contributed by atoms with Crippen LogP contribution in [0, 0.1) is 5.82 Å². The minimum atomic E-state index is -0.197. The summed E-state index contributed by atoms with van der Waals surface area (Å²) in [6.07, 6.45) is 2.04. The van der Waals surface area contributed by atoms with Gasteiger partial charge in [-0.05, 0) is 24.0 Å². The standard InChI is InChI=1S/C11H15ClFNS/c1-14(5-6-15-2)11-4-3-9(8-12)7-10(11)13/h3-4,7H,5-6,8H2,1-2H3. The van der Waals surface area contributed by atoms with Gasteiger partial charge in [0.1, 0.15) is 5.82 Å². The molecular formula is C11H15ClFNS. The monoisotopic (exact) mass is 247 g/mol. The molecule has 0 fully saturated rings. The first-order chi connectivity index (χ1) is 7.19. The first-order valence-electron chi connectivity index (χ1n) is 4.73. The molecule has 0 saturated carbocycles. The van der Waals surface area contributed by atoms with Crippen LogP contribution < -0.4 is 4.90 Å². The van der Waals surface area contributed by atoms with Crippen molar-refractivity contribution in [3.63, 3.8) is 0 Å². The molecule has 0 saturated heterocycles. The van der Waals surface area contributed by atoms with Crippen LogP contribution in [0.15, 0.2) is 18.2 Å². The highest BCUT2D eigenvalue weighted by molar-refractivity contribution is 7.98. The molecule has 84 valence electrons. The summed E-state index contributed by atoms with van der Waals surface area (Å²) in [7, 11) is 1.90. The zero-order chi connectivity index (χ0) is 11.3. The lowest BCUT2D eigenvalue weighted by molar-refractivity contribution is 0.622. The van der Waals surface area contributed by atoms with Crippen LogP contribution in [-0.4, -0.2) is 25.6 Å². The Morgan fingerprint density at radius 2 is 2.20 bits per heavy atom. The van der Waals surface area contributed by atoms with E-state index in [0.29, 0.717) is 11.6 Å². The summed E-state index contributed by atoms with van der Waals surface area (Å²) in [4.78, 5) is 1.92. The fraction of sp³-hybridized carbons (Fsp3) is 0.455. The van der Waals surface area contributed by atoms with E-state index in [2.05, 4.69) is 0 Å². The summed E-state index contributed by atoms with van der Waals surface area (Å²) in [6, 6.07) is 5.15. The van der Waals surface area contributed by atoms with Gasteiger partial charge in [0.15, 0.2) is 0 Å². The number of anilines is 1. The van der Waals surface area contributed by atoms with Crippen LogP contribution in [0.3, 0.4) is 0 Å². The van der Waals surface area contributed by atoms with Gasteiger partial charge in [-0.2, -0.15) is 11.8 Å². The summed E-state index contributed by atoms with van der Waals surface area (Å²) in [5.41, 5.74) is 1.45. The van der Waals surface area contributed by atoms with Crippen molar-refractivity contribution in [3.8, 4) is 0 Å². The van der Waals surface area contributed by atoms with Crippen molar-refractivity contribution in [3.05, 3.63) is 29.6 Å². The van der Waals surface area contributed by atoms with Crippen molar-refractivity contribution in [2.24, 2.45) is 0 Å². The first kappa shape index (κ1) is 12.7. The van der Waals surface area contributed by atoms with Crippen molar-refractivity contribution in [1.82, 2.24) is 0 Å². The molecule has 0 bridgehead atoms. The molecule has 4 heteroatoms. The van der Waals surface area contributed by atoms with Gasteiger partial charge in [0.2, 0.25) is 0 Å². The fourth-order valence-corrected chi connectivity index (χ4v) is 1.91. The quantitative estimate of drug-likeness (QED) is 0.734. The number of alkyl halides is 1. The number of benzene rings is 1. The molecule has 0 aliphatic carbocycles. The van der Waals surface area contributed by atoms with E-state index in [1.807, 2.05) is 24.3 Å². The summed E-state index contributed by atoms with van der Waals surface area (Å²) in [6.45, 7) is 0.846. The summed E-state index contributed by atoms with van der Waals surface area (Å²) in [5, 5.41) is 0. The van der Waals surface area contributed by atoms with Crippen LogP contribution in [0.1, 0.15) is 5.56 Å². The molecule has 1 rings (SSSR count). The van der Waals surface area contributed by atoms with E-state index in [-0.39, 0.29) is 5.82 Å². The smallest absolute Gasteiger partial charge is 0.146 e. The Morgan fingerprint density at radius 3 is 2.73 bits per heavy atom. The van der Waals surface area contributed by atoms with Gasteiger partial charge >= 0.3 is 0 Å². The topological polar surface area (TPSA) is 3.24 Å². The maximum Gasteiger partial charge on any atom is 0.146 e. The van der Waals surface area contributed by atoms with Crippen molar-refractivity contribution in [1.29, 1.82) is 0 Å². The van der Waals surface area contributed by atoms with Gasteiger partial charge < -0.3 is 4.90 Å². The van der Waals surface area contributed by atoms with Crippen molar-refractivity contribution in [2.75, 3.05) is 30.5 Å². The van der Waals surface area contributed by atoms with E-state index in [1.165, 1.54) is 6.07 Å². The number of thioether (sulfide) groups is 1. The molecule has 1 aromatic carbocycles. The number of rotatable bonds is 5. The molecule has 0 unspecified atom stereocenters. The minimum absolute atomic E-state index is 0.197. The third-order valence-corrected chi connectivity index (χ3v) is 3.11. The highest BCUT2D eigenvalue weighted by Gasteiger charge is 2.07. The maximum atomic E-state index is 13.6. The normalized spacial score (nSPS) is 10.4. The van der Waals surface area contributed by atoms with E-state index in [4.69, 9.17) is 11.6 Å². The lowest BCUT2D eigenvalue weighted by atomic mass is 10.2. The second-order valence-corrected chi connectivity index (χ2v) is 4.59. The van der Waals surface area contributed by atoms with Crippen molar-refractivity contribution in [2.45, 2.75) is 5.88 Å². The van der Waals surface area contributed by atoms with Crippen LogP contribution in [0.4, 0.5) is 10.1 Å². The fourth-order valence-electron chi connectivity index (χ4n) is 1.29. The van der Waals surface area contributed by atoms with Crippen molar-refractivity contribution >= 4 is 29.1 Å². The Bertz CT molecular complexity index is 319. The predicted molar refractivity (Wildman–Crippen MR) is 67.6 cm³/mol. The van der Waals surface area contributed by atoms with E-state index < -0.39 is 0 Å². The zero-order valence-electron chi connectivity index (χ0n) is 8.96. The molecule has 15 heavy (non-hydrogen) atoms. The van der Waals surface area contributed by atoms with E-state index in [9.17, 15) is 4.39 Å². The summed E-state index contributed by atoms with van der Waals surface area (Å²) < 4.78 is 13.6. The van der Waals surface area contributed by atoms with Gasteiger partial charge in [-0.25, -0.2) is 4.39 Å². The van der Waals surface area contributed by atoms with Gasteiger partial charge in [0.25, 0.3) is 0 Å². The Kier molecular flexibility index (Phi) is 5.26. The Labute approximate surface area is 99.6 Å². The second kappa shape index (κ2) is 6.23. The van der Waals surface area contributed by atoms with E-state index >= 15 is 0 Å². The second-order valence-electron chi connectivity index (χ2n) is 3.33. The maximum absolute atomic E-state index is 13.6. The highest BCUT2D eigenvalue weighted by atomic mass is 35.5. The zero-order valence-corrected chi connectivity index (χ0v) is 10.5. The van der Waals surface area contributed by atoms with Crippen molar-refractivity contribution < 1.29 is 4.39 Å². The molecular weight excluding hydrogens is 233 g/mol. The van der Waals surface area contributed by atoms with Gasteiger partial charge in [0.05, 0.1) is 5.69 Å². The third kappa shape index (κ3) is 3.58. The SMILES string of the molecule is CSCCN(C)c1ccc(CCl)cc1F. The van der Waals surface area contributed by atoms with Crippen LogP contribution in [0.2, 0.25) is 0 Å². The van der Waals surface area contributed by atoms with Crippen LogP contribution >= 0.6 is 23.4 Å². The molecule has 0 aliphatic rings. The highest BCUT2D eigenvalue weighted by Crippen LogP contribution is 2.20. The predicted octanol–water partition coefficient (Wildman–Crippen LogP) is 3.36. The molecule has 0 atom stereocenters. The molecule has 0 aliphatic heterocycles. The molecule has 0 aromatic heterocycles. The number of nitrogens with zero attached hydrogens (tertiary/aromatic N) is 1. The van der Waals surface area contributed by atoms with Crippen LogP contribution in [0.5, 0.6) is 0 Å². The lowest BCUT2D eigenvalue weighted by Gasteiger charge is -2.19. The third-order valence-electron chi connectivity index (χ3n) is 2.21. The first-order valence-corrected chi connectivity index (χ1v) is 6.66. The Morgan fingerprint density at radius 1 is 1.47 bits per heavy atom. The molecule has 0 heterocycles. The average molecular weight is 248 g/mol. The van der Waals surface area contributed by atoms with Gasteiger partial charge in [0, 0.05) is 25.2 Å². The molecule has 0 spiro atoms. The minimum Gasteiger partial charge on any atom is -0.371 e. The van der Waals surface area contributed by atoms with E-state index in [1.54, 1.807) is 17.8 Å². The van der Waals surface area contributed by atoms with Gasteiger partial charge in [-0.15, -0.1) is 11.6 Å². The molecule has 1 aromatic rings. The van der Waals surface area contributed by atoms with Gasteiger partial charge in [-0.3, -0.25) is 0 Å². The number of hydrogen-bond donors (Lipinski definition) is 0. The lowest BCUT2D eigenvalue weighted by Crippen LogP contribution is -2.21. The van der Waals surface area contributed by atoms with Gasteiger partial charge in [-0.1, -0.05) is 6.07 Å². The molecule has 0 amide bonds. The van der Waals surface area contributed by atoms with Crippen LogP contribution in [0.25, 0.3) is 0 Å². The Balaban J connectivity index is 2.76. The summed E-state index contributed by atoms with van der Waals surface area (Å²) in [5.74, 6) is 1.15. The average Bonchev–Trinajstić information content (AvgIpc) is 2.25. The van der Waals surface area contributed by atoms with Crippen LogP contribution in [-0.2, 0) is 5.88 Å². The molecule has 0 N–H and O–H groups in total. The Hall–Kier alpha value is -0.410. The summed E-state index contributed by atoms with van der Waals surface area (Å²) >= 11 is 7.38. The molecule has 0 radical (unpaired) electrons.